The number of amides is 1. The summed E-state index contributed by atoms with van der Waals surface area (Å²) in [6.45, 7) is 2.30. The predicted octanol–water partition coefficient (Wildman–Crippen LogP) is 3.66. The molecule has 1 amide bonds. The maximum atomic E-state index is 13.1. The average Bonchev–Trinajstić information content (AvgIpc) is 3.19. The first-order valence-electron chi connectivity index (χ1n) is 9.56. The molecule has 0 fully saturated rings. The zero-order valence-electron chi connectivity index (χ0n) is 16.5. The highest BCUT2D eigenvalue weighted by Crippen LogP contribution is 2.36. The molecule has 9 heteroatoms. The topological polar surface area (TPSA) is 105 Å². The van der Waals surface area contributed by atoms with Gasteiger partial charge in [0.2, 0.25) is 0 Å². The highest BCUT2D eigenvalue weighted by molar-refractivity contribution is 6.08. The second-order valence-corrected chi connectivity index (χ2v) is 6.74. The van der Waals surface area contributed by atoms with Crippen LogP contribution in [0, 0.1) is 5.82 Å². The lowest BCUT2D eigenvalue weighted by Crippen LogP contribution is -2.26. The van der Waals surface area contributed by atoms with Crippen LogP contribution in [0.1, 0.15) is 28.9 Å². The molecule has 8 nitrogen and oxygen atoms in total. The Morgan fingerprint density at radius 3 is 2.68 bits per heavy atom. The molecular formula is C22H19FN4O4. The van der Waals surface area contributed by atoms with Gasteiger partial charge in [-0.3, -0.25) is 4.79 Å². The normalized spacial score (nSPS) is 14.8. The van der Waals surface area contributed by atoms with Crippen molar-refractivity contribution in [1.29, 1.82) is 0 Å². The molecule has 4 rings (SSSR count). The molecule has 1 aromatic heterocycles. The molecule has 0 radical (unpaired) electrons. The first kappa shape index (κ1) is 20.1. The van der Waals surface area contributed by atoms with Gasteiger partial charge in [-0.2, -0.15) is 5.10 Å². The average molecular weight is 422 g/mol. The minimum Gasteiger partial charge on any atom is -0.494 e. The minimum absolute atomic E-state index is 0.0832. The molecule has 0 aliphatic carbocycles. The molecule has 2 heterocycles. The Morgan fingerprint density at radius 2 is 1.97 bits per heavy atom. The van der Waals surface area contributed by atoms with Crippen molar-refractivity contribution >= 4 is 23.4 Å². The number of nitrogens with zero attached hydrogens (tertiary/aromatic N) is 2. The van der Waals surface area contributed by atoms with Gasteiger partial charge in [-0.1, -0.05) is 18.2 Å². The van der Waals surface area contributed by atoms with E-state index in [2.05, 4.69) is 15.7 Å². The number of fused-ring (bicyclic) bond motifs is 1. The van der Waals surface area contributed by atoms with Crippen molar-refractivity contribution in [2.75, 3.05) is 17.2 Å². The summed E-state index contributed by atoms with van der Waals surface area (Å²) in [7, 11) is 0. The molecule has 0 saturated carbocycles. The molecule has 1 aliphatic heterocycles. The third-order valence-corrected chi connectivity index (χ3v) is 4.75. The Balaban J connectivity index is 1.73. The van der Waals surface area contributed by atoms with E-state index in [9.17, 15) is 19.1 Å². The first-order valence-corrected chi connectivity index (χ1v) is 9.56. The van der Waals surface area contributed by atoms with Crippen LogP contribution in [0.4, 0.5) is 15.9 Å². The van der Waals surface area contributed by atoms with E-state index in [1.165, 1.54) is 41.2 Å². The largest absolute Gasteiger partial charge is 0.494 e. The number of hydrogen-bond donors (Lipinski definition) is 3. The van der Waals surface area contributed by atoms with Crippen LogP contribution in [0.2, 0.25) is 0 Å². The standard InChI is InChI=1S/C22H19FN4O4/c1-2-31-19-6-4-3-5-15(19)18-11-17(22(29)30)26-20-16(12-24-27(18)20)21(28)25-14-9-7-13(23)8-10-14/h3-12,18,26H,2H2,1H3,(H,25,28)(H,29,30)/t18-/m0/s1. The van der Waals surface area contributed by atoms with E-state index in [0.717, 1.165) is 0 Å². The highest BCUT2D eigenvalue weighted by atomic mass is 19.1. The van der Waals surface area contributed by atoms with Crippen LogP contribution in [-0.4, -0.2) is 33.4 Å². The Kier molecular flexibility index (Phi) is 5.40. The molecule has 31 heavy (non-hydrogen) atoms. The lowest BCUT2D eigenvalue weighted by Gasteiger charge is -2.25. The zero-order chi connectivity index (χ0) is 22.0. The monoisotopic (exact) mass is 422 g/mol. The maximum Gasteiger partial charge on any atom is 0.352 e. The number of benzene rings is 2. The first-order chi connectivity index (χ1) is 15.0. The third-order valence-electron chi connectivity index (χ3n) is 4.75. The number of aliphatic carboxylic acids is 1. The fraction of sp³-hybridized carbons (Fsp3) is 0.136. The molecule has 3 N–H and O–H groups in total. The van der Waals surface area contributed by atoms with Crippen LogP contribution < -0.4 is 15.4 Å². The molecular weight excluding hydrogens is 403 g/mol. The van der Waals surface area contributed by atoms with Gasteiger partial charge in [0.05, 0.1) is 12.8 Å². The molecule has 3 aromatic rings. The zero-order valence-corrected chi connectivity index (χ0v) is 16.5. The van der Waals surface area contributed by atoms with Crippen LogP contribution in [0.3, 0.4) is 0 Å². The van der Waals surface area contributed by atoms with E-state index in [0.29, 0.717) is 23.6 Å². The van der Waals surface area contributed by atoms with Crippen molar-refractivity contribution in [2.45, 2.75) is 13.0 Å². The van der Waals surface area contributed by atoms with Gasteiger partial charge >= 0.3 is 5.97 Å². The number of carboxylic acids is 1. The Bertz CT molecular complexity index is 1170. The van der Waals surface area contributed by atoms with Crippen molar-refractivity contribution in [1.82, 2.24) is 9.78 Å². The fourth-order valence-electron chi connectivity index (χ4n) is 3.35. The van der Waals surface area contributed by atoms with Gasteiger partial charge in [-0.15, -0.1) is 0 Å². The summed E-state index contributed by atoms with van der Waals surface area (Å²) in [5.74, 6) is -1.28. The number of para-hydroxylation sites is 1. The number of ether oxygens (including phenoxy) is 1. The summed E-state index contributed by atoms with van der Waals surface area (Å²) in [5, 5.41) is 19.4. The van der Waals surface area contributed by atoms with Gasteiger partial charge < -0.3 is 20.5 Å². The van der Waals surface area contributed by atoms with E-state index < -0.39 is 23.7 Å². The predicted molar refractivity (Wildman–Crippen MR) is 112 cm³/mol. The van der Waals surface area contributed by atoms with Crippen molar-refractivity contribution < 1.29 is 23.8 Å². The summed E-state index contributed by atoms with van der Waals surface area (Å²) in [6, 6.07) is 12.0. The molecule has 0 unspecified atom stereocenters. The van der Waals surface area contributed by atoms with Gasteiger partial charge in [-0.05, 0) is 43.3 Å². The number of carboxylic acid groups (broad SMARTS) is 1. The lowest BCUT2D eigenvalue weighted by atomic mass is 10.0. The minimum atomic E-state index is -1.17. The third kappa shape index (κ3) is 3.97. The van der Waals surface area contributed by atoms with Crippen LogP contribution >= 0.6 is 0 Å². The number of hydrogen-bond acceptors (Lipinski definition) is 5. The highest BCUT2D eigenvalue weighted by Gasteiger charge is 2.30. The summed E-state index contributed by atoms with van der Waals surface area (Å²) >= 11 is 0. The van der Waals surface area contributed by atoms with Crippen LogP contribution in [-0.2, 0) is 4.79 Å². The van der Waals surface area contributed by atoms with Crippen molar-refractivity contribution in [3.8, 4) is 5.75 Å². The van der Waals surface area contributed by atoms with E-state index in [1.54, 1.807) is 6.07 Å². The molecule has 0 bridgehead atoms. The van der Waals surface area contributed by atoms with Crippen LogP contribution in [0.5, 0.6) is 5.75 Å². The Morgan fingerprint density at radius 1 is 1.23 bits per heavy atom. The quantitative estimate of drug-likeness (QED) is 0.560. The van der Waals surface area contributed by atoms with Crippen molar-refractivity contribution in [3.63, 3.8) is 0 Å². The number of aromatic nitrogens is 2. The Labute approximate surface area is 177 Å². The maximum absolute atomic E-state index is 13.1. The number of carbonyl (C=O) groups excluding carboxylic acids is 1. The fourth-order valence-corrected chi connectivity index (χ4v) is 3.35. The van der Waals surface area contributed by atoms with E-state index in [4.69, 9.17) is 4.74 Å². The summed E-state index contributed by atoms with van der Waals surface area (Å²) in [5.41, 5.74) is 1.17. The second-order valence-electron chi connectivity index (χ2n) is 6.74. The number of rotatable bonds is 6. The van der Waals surface area contributed by atoms with Crippen LogP contribution in [0.15, 0.2) is 66.5 Å². The van der Waals surface area contributed by atoms with Gasteiger partial charge in [0.25, 0.3) is 5.91 Å². The SMILES string of the molecule is CCOc1ccccc1[C@@H]1C=C(C(=O)O)Nc2c(C(=O)Nc3ccc(F)cc3)cnn21. The Hall–Kier alpha value is -4.14. The number of halogens is 1. The van der Waals surface area contributed by atoms with E-state index in [1.807, 2.05) is 25.1 Å². The molecule has 158 valence electrons. The van der Waals surface area contributed by atoms with Gasteiger partial charge in [-0.25, -0.2) is 13.9 Å². The number of carbonyl (C=O) groups is 2. The molecule has 1 aliphatic rings. The number of allylic oxidation sites excluding steroid dienone is 1. The van der Waals surface area contributed by atoms with Gasteiger partial charge in [0.1, 0.15) is 34.7 Å². The van der Waals surface area contributed by atoms with E-state index in [-0.39, 0.29) is 17.1 Å². The van der Waals surface area contributed by atoms with Gasteiger partial charge in [0.15, 0.2) is 0 Å². The van der Waals surface area contributed by atoms with Gasteiger partial charge in [0, 0.05) is 11.3 Å². The second kappa shape index (κ2) is 8.31. The van der Waals surface area contributed by atoms with Crippen molar-refractivity contribution in [2.24, 2.45) is 0 Å². The molecule has 1 atom stereocenters. The van der Waals surface area contributed by atoms with Crippen LogP contribution in [0.25, 0.3) is 0 Å². The molecule has 0 spiro atoms. The summed E-state index contributed by atoms with van der Waals surface area (Å²) in [4.78, 5) is 24.6. The smallest absolute Gasteiger partial charge is 0.352 e. The number of anilines is 2. The van der Waals surface area contributed by atoms with E-state index >= 15 is 0 Å². The van der Waals surface area contributed by atoms with Crippen molar-refractivity contribution in [3.05, 3.63) is 83.4 Å². The lowest BCUT2D eigenvalue weighted by molar-refractivity contribution is -0.132. The number of nitrogens with one attached hydrogen (secondary N) is 2. The summed E-state index contributed by atoms with van der Waals surface area (Å²) < 4.78 is 20.4. The molecule has 0 saturated heterocycles. The summed E-state index contributed by atoms with van der Waals surface area (Å²) in [6.07, 6.45) is 2.87. The molecule has 2 aromatic carbocycles.